The van der Waals surface area contributed by atoms with Crippen LogP contribution >= 0.6 is 7.82 Å². The van der Waals surface area contributed by atoms with Gasteiger partial charge in [-0.15, -0.1) is 0 Å². The summed E-state index contributed by atoms with van der Waals surface area (Å²) in [6.07, 6.45) is 18.6. The van der Waals surface area contributed by atoms with Crippen LogP contribution in [-0.2, 0) is 13.6 Å². The first-order valence-electron chi connectivity index (χ1n) is 13.5. The van der Waals surface area contributed by atoms with Gasteiger partial charge < -0.3 is 4.89 Å². The Labute approximate surface area is 192 Å². The fourth-order valence-electron chi connectivity index (χ4n) is 5.94. The molecule has 4 nitrogen and oxygen atoms in total. The van der Waals surface area contributed by atoms with E-state index >= 15 is 0 Å². The molecule has 2 fully saturated rings. The second-order valence-electron chi connectivity index (χ2n) is 10.7. The van der Waals surface area contributed by atoms with Gasteiger partial charge in [-0.25, -0.2) is 4.57 Å². The smallest absolute Gasteiger partial charge is 0.302 e. The lowest BCUT2D eigenvalue weighted by Gasteiger charge is -2.37. The molecule has 0 spiro atoms. The van der Waals surface area contributed by atoms with Crippen molar-refractivity contribution in [3.63, 3.8) is 0 Å². The Morgan fingerprint density at radius 2 is 1.13 bits per heavy atom. The van der Waals surface area contributed by atoms with Gasteiger partial charge in [0, 0.05) is 0 Å². The van der Waals surface area contributed by atoms with Crippen molar-refractivity contribution in [2.75, 3.05) is 0 Å². The summed E-state index contributed by atoms with van der Waals surface area (Å²) in [7, 11) is -3.98. The summed E-state index contributed by atoms with van der Waals surface area (Å²) in [5.41, 5.74) is 0. The molecule has 31 heavy (non-hydrogen) atoms. The maximum atomic E-state index is 12.7. The van der Waals surface area contributed by atoms with Crippen molar-refractivity contribution in [1.82, 2.24) is 0 Å². The normalized spacial score (nSPS) is 33.8. The molecule has 5 heteroatoms. The predicted octanol–water partition coefficient (Wildman–Crippen LogP) is 8.67. The van der Waals surface area contributed by atoms with Gasteiger partial charge in [-0.1, -0.05) is 91.9 Å². The van der Waals surface area contributed by atoms with Crippen LogP contribution in [-0.4, -0.2) is 17.1 Å². The fraction of sp³-hybridized carbons (Fsp3) is 1.00. The van der Waals surface area contributed by atoms with Gasteiger partial charge in [0.05, 0.1) is 12.2 Å². The summed E-state index contributed by atoms with van der Waals surface area (Å²) in [6.45, 7) is 9.07. The van der Waals surface area contributed by atoms with Crippen LogP contribution in [0, 0.1) is 23.7 Å². The Kier molecular flexibility index (Phi) is 12.7. The predicted molar refractivity (Wildman–Crippen MR) is 130 cm³/mol. The summed E-state index contributed by atoms with van der Waals surface area (Å²) in [5.74, 6) is 2.60. The van der Waals surface area contributed by atoms with Crippen molar-refractivity contribution in [3.05, 3.63) is 0 Å². The second-order valence-corrected chi connectivity index (χ2v) is 12.1. The third kappa shape index (κ3) is 10.3. The highest BCUT2D eigenvalue weighted by atomic mass is 31.2. The van der Waals surface area contributed by atoms with Crippen LogP contribution in [0.1, 0.15) is 130 Å². The second kappa shape index (κ2) is 14.4. The summed E-state index contributed by atoms with van der Waals surface area (Å²) in [5, 5.41) is 0. The number of hydrogen-bond donors (Lipinski definition) is 1. The highest BCUT2D eigenvalue weighted by molar-refractivity contribution is 7.47. The molecule has 2 aliphatic carbocycles. The van der Waals surface area contributed by atoms with E-state index in [0.29, 0.717) is 11.8 Å². The lowest BCUT2D eigenvalue weighted by atomic mass is 9.76. The molecular formula is C26H51O4P. The summed E-state index contributed by atoms with van der Waals surface area (Å²) in [6, 6.07) is 0. The highest BCUT2D eigenvalue weighted by Crippen LogP contribution is 2.51. The molecule has 0 amide bonds. The van der Waals surface area contributed by atoms with E-state index in [4.69, 9.17) is 9.05 Å². The van der Waals surface area contributed by atoms with E-state index in [0.717, 1.165) is 50.4 Å². The molecule has 2 saturated carbocycles. The van der Waals surface area contributed by atoms with Crippen LogP contribution < -0.4 is 0 Å². The minimum atomic E-state index is -3.98. The van der Waals surface area contributed by atoms with Crippen molar-refractivity contribution in [2.45, 2.75) is 143 Å². The summed E-state index contributed by atoms with van der Waals surface area (Å²) in [4.78, 5) is 10.4. The van der Waals surface area contributed by atoms with Gasteiger partial charge in [0.1, 0.15) is 0 Å². The number of hydrogen-bond acceptors (Lipinski definition) is 3. The first-order valence-corrected chi connectivity index (χ1v) is 15.0. The zero-order valence-corrected chi connectivity index (χ0v) is 21.8. The van der Waals surface area contributed by atoms with E-state index in [1.807, 2.05) is 0 Å². The zero-order valence-electron chi connectivity index (χ0n) is 20.9. The van der Waals surface area contributed by atoms with Crippen molar-refractivity contribution in [2.24, 2.45) is 23.7 Å². The first kappa shape index (κ1) is 27.4. The van der Waals surface area contributed by atoms with Gasteiger partial charge in [0.2, 0.25) is 0 Å². The molecule has 0 aromatic rings. The molecule has 0 heterocycles. The molecule has 1 N–H and O–H groups in total. The van der Waals surface area contributed by atoms with Crippen molar-refractivity contribution < 1.29 is 18.5 Å². The van der Waals surface area contributed by atoms with E-state index in [1.54, 1.807) is 0 Å². The van der Waals surface area contributed by atoms with Gasteiger partial charge >= 0.3 is 7.82 Å². The van der Waals surface area contributed by atoms with Gasteiger partial charge in [0.15, 0.2) is 0 Å². The van der Waals surface area contributed by atoms with E-state index in [2.05, 4.69) is 27.7 Å². The Bertz CT molecular complexity index is 484. The number of unbranched alkanes of at least 4 members (excludes halogenated alkanes) is 6. The average molecular weight is 459 g/mol. The van der Waals surface area contributed by atoms with Crippen LogP contribution in [0.5, 0.6) is 0 Å². The molecule has 0 aromatic heterocycles. The third-order valence-corrected chi connectivity index (χ3v) is 9.15. The topological polar surface area (TPSA) is 55.8 Å². The minimum Gasteiger partial charge on any atom is -0.302 e. The Morgan fingerprint density at radius 3 is 1.48 bits per heavy atom. The molecule has 0 radical (unpaired) electrons. The Hall–Kier alpha value is 0.110. The van der Waals surface area contributed by atoms with Crippen LogP contribution in [0.2, 0.25) is 0 Å². The molecule has 0 saturated heterocycles. The van der Waals surface area contributed by atoms with E-state index in [1.165, 1.54) is 64.2 Å². The zero-order chi connectivity index (χ0) is 22.7. The summed E-state index contributed by atoms with van der Waals surface area (Å²) < 4.78 is 24.1. The lowest BCUT2D eigenvalue weighted by molar-refractivity contribution is 0.0150. The molecular weight excluding hydrogens is 407 g/mol. The molecule has 2 aliphatic rings. The van der Waals surface area contributed by atoms with Gasteiger partial charge in [0.25, 0.3) is 0 Å². The van der Waals surface area contributed by atoms with Crippen LogP contribution in [0.15, 0.2) is 0 Å². The maximum Gasteiger partial charge on any atom is 0.472 e. The molecule has 0 bridgehead atoms. The molecule has 2 rings (SSSR count). The van der Waals surface area contributed by atoms with Crippen molar-refractivity contribution in [3.8, 4) is 0 Å². The molecule has 0 aliphatic heterocycles. The van der Waals surface area contributed by atoms with Crippen LogP contribution in [0.4, 0.5) is 0 Å². The average Bonchev–Trinajstić information content (AvgIpc) is 2.70. The van der Waals surface area contributed by atoms with Crippen LogP contribution in [0.3, 0.4) is 0 Å². The Morgan fingerprint density at radius 1 is 0.710 bits per heavy atom. The fourth-order valence-corrected chi connectivity index (χ4v) is 7.12. The minimum absolute atomic E-state index is 0.134. The van der Waals surface area contributed by atoms with Crippen molar-refractivity contribution in [1.29, 1.82) is 0 Å². The molecule has 6 atom stereocenters. The van der Waals surface area contributed by atoms with Gasteiger partial charge in [-0.2, -0.15) is 0 Å². The van der Waals surface area contributed by atoms with E-state index in [-0.39, 0.29) is 12.2 Å². The van der Waals surface area contributed by atoms with Crippen LogP contribution in [0.25, 0.3) is 0 Å². The Balaban J connectivity index is 1.69. The summed E-state index contributed by atoms with van der Waals surface area (Å²) >= 11 is 0. The number of rotatable bonds is 14. The van der Waals surface area contributed by atoms with Crippen molar-refractivity contribution >= 4 is 7.82 Å². The van der Waals surface area contributed by atoms with E-state index < -0.39 is 7.82 Å². The third-order valence-electron chi connectivity index (χ3n) is 8.02. The standard InChI is InChI=1S/C26H51O4P/c1-5-7-9-11-13-23-15-17-25(19-21(23)3)29-31(27,28)30-26-18-16-24(22(4)20-26)14-12-10-8-6-2/h21-26H,5-20H2,1-4H3,(H,27,28). The number of phosphoric acid groups is 1. The van der Waals surface area contributed by atoms with Gasteiger partial charge in [-0.05, 0) is 62.2 Å². The SMILES string of the molecule is CCCCCCC1CCC(OP(=O)(O)OC2CCC(CCCCCC)C(C)C2)CC1C. The highest BCUT2D eigenvalue weighted by Gasteiger charge is 2.37. The van der Waals surface area contributed by atoms with Gasteiger partial charge in [-0.3, -0.25) is 9.05 Å². The lowest BCUT2D eigenvalue weighted by Crippen LogP contribution is -2.30. The monoisotopic (exact) mass is 458 g/mol. The van der Waals surface area contributed by atoms with E-state index in [9.17, 15) is 9.46 Å². The molecule has 6 unspecified atom stereocenters. The first-order chi connectivity index (χ1) is 14.8. The number of phosphoric ester groups is 1. The maximum absolute atomic E-state index is 12.7. The quantitative estimate of drug-likeness (QED) is 0.209. The molecule has 184 valence electrons. The molecule has 0 aromatic carbocycles. The largest absolute Gasteiger partial charge is 0.472 e.